The van der Waals surface area contributed by atoms with Crippen LogP contribution in [0.15, 0.2) is 23.6 Å². The van der Waals surface area contributed by atoms with Crippen LogP contribution in [0.1, 0.15) is 11.3 Å². The van der Waals surface area contributed by atoms with E-state index < -0.39 is 0 Å². The van der Waals surface area contributed by atoms with Gasteiger partial charge in [0.05, 0.1) is 23.2 Å². The second-order valence-electron chi connectivity index (χ2n) is 5.29. The van der Waals surface area contributed by atoms with Crippen LogP contribution >= 0.6 is 11.3 Å². The van der Waals surface area contributed by atoms with E-state index in [1.54, 1.807) is 11.3 Å². The summed E-state index contributed by atoms with van der Waals surface area (Å²) in [4.78, 5) is 5.67. The average Bonchev–Trinajstić information content (AvgIpc) is 3.10. The van der Waals surface area contributed by atoms with Crippen molar-refractivity contribution < 1.29 is 9.13 Å². The van der Waals surface area contributed by atoms with Crippen LogP contribution in [0.2, 0.25) is 0 Å². The van der Waals surface area contributed by atoms with Crippen molar-refractivity contribution >= 4 is 28.0 Å². The minimum Gasteiger partial charge on any atom is -0.494 e. The zero-order chi connectivity index (χ0) is 16.1. The largest absolute Gasteiger partial charge is 0.494 e. The Kier molecular flexibility index (Phi) is 3.05. The molecule has 4 aromatic rings. The van der Waals surface area contributed by atoms with E-state index in [1.165, 1.54) is 19.2 Å². The van der Waals surface area contributed by atoms with Crippen molar-refractivity contribution in [1.29, 1.82) is 0 Å². The molecule has 7 heteroatoms. The summed E-state index contributed by atoms with van der Waals surface area (Å²) < 4.78 is 21.1. The molecule has 4 rings (SSSR count). The minimum absolute atomic E-state index is 0.356. The fourth-order valence-corrected chi connectivity index (χ4v) is 3.61. The molecule has 0 saturated heterocycles. The van der Waals surface area contributed by atoms with Gasteiger partial charge in [0, 0.05) is 12.1 Å². The summed E-state index contributed by atoms with van der Waals surface area (Å²) in [6.45, 7) is 3.90. The molecule has 5 nitrogen and oxygen atoms in total. The number of hydrogen-bond acceptors (Lipinski definition) is 5. The Morgan fingerprint density at radius 3 is 2.74 bits per heavy atom. The highest BCUT2D eigenvalue weighted by Gasteiger charge is 2.19. The van der Waals surface area contributed by atoms with Crippen LogP contribution in [0.25, 0.3) is 27.4 Å². The van der Waals surface area contributed by atoms with Gasteiger partial charge in [0.1, 0.15) is 5.82 Å². The van der Waals surface area contributed by atoms with Gasteiger partial charge in [-0.05, 0) is 30.9 Å². The highest BCUT2D eigenvalue weighted by molar-refractivity contribution is 7.13. The van der Waals surface area contributed by atoms with Gasteiger partial charge >= 0.3 is 0 Å². The first-order valence-corrected chi connectivity index (χ1v) is 7.91. The van der Waals surface area contributed by atoms with Crippen LogP contribution in [-0.4, -0.2) is 26.7 Å². The Balaban J connectivity index is 2.21. The summed E-state index contributed by atoms with van der Waals surface area (Å²) in [6, 6.07) is 4.78. The van der Waals surface area contributed by atoms with Gasteiger partial charge in [-0.2, -0.15) is 0 Å². The van der Waals surface area contributed by atoms with Crippen LogP contribution in [0.4, 0.5) is 4.39 Å². The molecular weight excluding hydrogens is 315 g/mol. The van der Waals surface area contributed by atoms with Gasteiger partial charge in [0.2, 0.25) is 0 Å². The molecule has 3 heterocycles. The number of rotatable bonds is 2. The Hall–Kier alpha value is -2.54. The van der Waals surface area contributed by atoms with E-state index in [-0.39, 0.29) is 5.82 Å². The molecule has 0 atom stereocenters. The number of halogens is 1. The van der Waals surface area contributed by atoms with Gasteiger partial charge in [0.15, 0.2) is 22.7 Å². The fourth-order valence-electron chi connectivity index (χ4n) is 2.70. The third kappa shape index (κ3) is 2.00. The molecule has 23 heavy (non-hydrogen) atoms. The predicted molar refractivity (Wildman–Crippen MR) is 87.6 cm³/mol. The van der Waals surface area contributed by atoms with Crippen LogP contribution < -0.4 is 4.74 Å². The van der Waals surface area contributed by atoms with E-state index in [4.69, 9.17) is 4.74 Å². The van der Waals surface area contributed by atoms with Crippen molar-refractivity contribution in [2.24, 2.45) is 0 Å². The SMILES string of the molecule is COc1cc(F)cc2c1nnc1c(C)nc(-c3sccc3C)n12. The van der Waals surface area contributed by atoms with Gasteiger partial charge in [-0.1, -0.05) is 0 Å². The number of benzene rings is 1. The lowest BCUT2D eigenvalue weighted by Gasteiger charge is -2.08. The van der Waals surface area contributed by atoms with Crippen LogP contribution in [0, 0.1) is 19.7 Å². The topological polar surface area (TPSA) is 52.3 Å². The van der Waals surface area contributed by atoms with Crippen molar-refractivity contribution in [3.8, 4) is 16.5 Å². The first kappa shape index (κ1) is 14.1. The predicted octanol–water partition coefficient (Wildman–Crippen LogP) is 3.77. The lowest BCUT2D eigenvalue weighted by molar-refractivity contribution is 0.415. The summed E-state index contributed by atoms with van der Waals surface area (Å²) in [7, 11) is 1.49. The van der Waals surface area contributed by atoms with Crippen molar-refractivity contribution in [3.63, 3.8) is 0 Å². The third-order valence-corrected chi connectivity index (χ3v) is 4.82. The summed E-state index contributed by atoms with van der Waals surface area (Å²) >= 11 is 1.60. The number of thiophene rings is 1. The number of methoxy groups -OCH3 is 1. The first-order chi connectivity index (χ1) is 11.1. The second-order valence-corrected chi connectivity index (χ2v) is 6.20. The molecule has 0 fully saturated rings. The number of imidazole rings is 1. The molecule has 0 spiro atoms. The number of nitrogens with zero attached hydrogens (tertiary/aromatic N) is 4. The van der Waals surface area contributed by atoms with E-state index in [1.807, 2.05) is 29.7 Å². The number of aryl methyl sites for hydroxylation is 2. The van der Waals surface area contributed by atoms with E-state index in [0.29, 0.717) is 22.4 Å². The van der Waals surface area contributed by atoms with Crippen molar-refractivity contribution in [2.45, 2.75) is 13.8 Å². The number of fused-ring (bicyclic) bond motifs is 3. The first-order valence-electron chi connectivity index (χ1n) is 7.03. The highest BCUT2D eigenvalue weighted by atomic mass is 32.1. The summed E-state index contributed by atoms with van der Waals surface area (Å²) in [5.74, 6) is 0.719. The van der Waals surface area contributed by atoms with Crippen LogP contribution in [0.5, 0.6) is 5.75 Å². The highest BCUT2D eigenvalue weighted by Crippen LogP contribution is 2.33. The van der Waals surface area contributed by atoms with Crippen molar-refractivity contribution in [2.75, 3.05) is 7.11 Å². The molecule has 116 valence electrons. The van der Waals surface area contributed by atoms with Gasteiger partial charge in [-0.15, -0.1) is 21.5 Å². The maximum absolute atomic E-state index is 14.0. The molecule has 0 aliphatic rings. The van der Waals surface area contributed by atoms with E-state index >= 15 is 0 Å². The lowest BCUT2D eigenvalue weighted by atomic mass is 10.2. The average molecular weight is 328 g/mol. The maximum Gasteiger partial charge on any atom is 0.183 e. The van der Waals surface area contributed by atoms with Crippen LogP contribution in [-0.2, 0) is 0 Å². The smallest absolute Gasteiger partial charge is 0.183 e. The zero-order valence-corrected chi connectivity index (χ0v) is 13.6. The molecule has 0 aliphatic heterocycles. The summed E-state index contributed by atoms with van der Waals surface area (Å²) in [6.07, 6.45) is 0. The normalized spacial score (nSPS) is 11.5. The van der Waals surface area contributed by atoms with E-state index in [0.717, 1.165) is 22.0 Å². The molecule has 1 aromatic carbocycles. The molecule has 0 radical (unpaired) electrons. The monoisotopic (exact) mass is 328 g/mol. The van der Waals surface area contributed by atoms with Gasteiger partial charge < -0.3 is 4.74 Å². The minimum atomic E-state index is -0.385. The van der Waals surface area contributed by atoms with Gasteiger partial charge in [-0.3, -0.25) is 4.40 Å². The Morgan fingerprint density at radius 2 is 2.04 bits per heavy atom. The molecule has 0 bridgehead atoms. The quantitative estimate of drug-likeness (QED) is 0.562. The maximum atomic E-state index is 14.0. The van der Waals surface area contributed by atoms with Crippen molar-refractivity contribution in [1.82, 2.24) is 19.6 Å². The molecule has 0 aliphatic carbocycles. The summed E-state index contributed by atoms with van der Waals surface area (Å²) in [5.41, 5.74) is 3.60. The lowest BCUT2D eigenvalue weighted by Crippen LogP contribution is -2.00. The van der Waals surface area contributed by atoms with E-state index in [9.17, 15) is 4.39 Å². The molecule has 0 unspecified atom stereocenters. The molecule has 0 saturated carbocycles. The molecular formula is C16H13FN4OS. The second kappa shape index (κ2) is 4.99. The number of aromatic nitrogens is 4. The van der Waals surface area contributed by atoms with Crippen LogP contribution in [0.3, 0.4) is 0 Å². The van der Waals surface area contributed by atoms with E-state index in [2.05, 4.69) is 15.2 Å². The number of hydrogen-bond donors (Lipinski definition) is 0. The molecule has 0 N–H and O–H groups in total. The van der Waals surface area contributed by atoms with Gasteiger partial charge in [-0.25, -0.2) is 9.37 Å². The Labute approximate surface area is 135 Å². The van der Waals surface area contributed by atoms with Crippen molar-refractivity contribution in [3.05, 3.63) is 40.7 Å². The Morgan fingerprint density at radius 1 is 1.22 bits per heavy atom. The standard InChI is InChI=1S/C16H13FN4OS/c1-8-4-5-23-14(8)16-18-9(2)15-20-19-13-11(21(15)16)6-10(17)7-12(13)22-3/h4-7H,1-3H3. The Bertz CT molecular complexity index is 1050. The molecule has 0 amide bonds. The zero-order valence-electron chi connectivity index (χ0n) is 12.8. The van der Waals surface area contributed by atoms with Gasteiger partial charge in [0.25, 0.3) is 0 Å². The summed E-state index contributed by atoms with van der Waals surface area (Å²) in [5, 5.41) is 10.5. The third-order valence-electron chi connectivity index (χ3n) is 3.81. The number of ether oxygens (including phenoxy) is 1. The fraction of sp³-hybridized carbons (Fsp3) is 0.188. The molecule has 3 aromatic heterocycles.